The SMILES string of the molecule is COc1cc2c(cc1OC)C1(CCN(C(=O)c3cc(C)n(C)n3)CC1)OCC2. The number of ether oxygens (including phenoxy) is 3. The van der Waals surface area contributed by atoms with E-state index >= 15 is 0 Å². The van der Waals surface area contributed by atoms with E-state index in [1.165, 1.54) is 5.56 Å². The lowest BCUT2D eigenvalue weighted by molar-refractivity contribution is -0.0937. The Morgan fingerprint density at radius 1 is 1.14 bits per heavy atom. The number of fused-ring (bicyclic) bond motifs is 2. The molecule has 0 bridgehead atoms. The fourth-order valence-corrected chi connectivity index (χ4v) is 4.30. The Morgan fingerprint density at radius 3 is 2.43 bits per heavy atom. The minimum Gasteiger partial charge on any atom is -0.493 e. The van der Waals surface area contributed by atoms with Gasteiger partial charge >= 0.3 is 0 Å². The molecule has 2 aliphatic rings. The Kier molecular flexibility index (Phi) is 4.79. The van der Waals surface area contributed by atoms with Gasteiger partial charge in [0.05, 0.1) is 26.4 Å². The smallest absolute Gasteiger partial charge is 0.274 e. The van der Waals surface area contributed by atoms with Crippen molar-refractivity contribution in [3.8, 4) is 11.5 Å². The zero-order valence-electron chi connectivity index (χ0n) is 16.9. The van der Waals surface area contributed by atoms with Crippen LogP contribution in [0.2, 0.25) is 0 Å². The third-order valence-corrected chi connectivity index (χ3v) is 6.04. The molecular weight excluding hydrogens is 358 g/mol. The molecule has 0 unspecified atom stereocenters. The van der Waals surface area contributed by atoms with Crippen molar-refractivity contribution in [1.29, 1.82) is 0 Å². The molecule has 150 valence electrons. The fourth-order valence-electron chi connectivity index (χ4n) is 4.30. The predicted molar refractivity (Wildman–Crippen MR) is 104 cm³/mol. The highest BCUT2D eigenvalue weighted by atomic mass is 16.5. The summed E-state index contributed by atoms with van der Waals surface area (Å²) in [6.45, 7) is 3.91. The lowest BCUT2D eigenvalue weighted by atomic mass is 9.79. The van der Waals surface area contributed by atoms with Crippen LogP contribution in [0.3, 0.4) is 0 Å². The first kappa shape index (κ1) is 18.8. The Hall–Kier alpha value is -2.54. The molecule has 1 spiro atoms. The predicted octanol–water partition coefficient (Wildman–Crippen LogP) is 2.45. The van der Waals surface area contributed by atoms with Crippen molar-refractivity contribution in [3.63, 3.8) is 0 Å². The highest BCUT2D eigenvalue weighted by molar-refractivity contribution is 5.92. The van der Waals surface area contributed by atoms with Crippen LogP contribution < -0.4 is 9.47 Å². The summed E-state index contributed by atoms with van der Waals surface area (Å²) in [5, 5.41) is 4.33. The summed E-state index contributed by atoms with van der Waals surface area (Å²) in [6.07, 6.45) is 2.37. The minimum absolute atomic E-state index is 0.0121. The molecule has 1 amide bonds. The number of hydrogen-bond donors (Lipinski definition) is 0. The first-order chi connectivity index (χ1) is 13.5. The average molecular weight is 385 g/mol. The number of aromatic nitrogens is 2. The number of aryl methyl sites for hydroxylation is 2. The van der Waals surface area contributed by atoms with Gasteiger partial charge in [0.1, 0.15) is 0 Å². The van der Waals surface area contributed by atoms with Gasteiger partial charge in [0.25, 0.3) is 5.91 Å². The number of piperidine rings is 1. The van der Waals surface area contributed by atoms with Crippen LogP contribution in [0.15, 0.2) is 18.2 Å². The van der Waals surface area contributed by atoms with E-state index in [-0.39, 0.29) is 11.5 Å². The first-order valence-electron chi connectivity index (χ1n) is 9.66. The van der Waals surface area contributed by atoms with Crippen LogP contribution in [0.5, 0.6) is 11.5 Å². The molecule has 1 fully saturated rings. The molecule has 3 heterocycles. The molecule has 2 aromatic rings. The van der Waals surface area contributed by atoms with Gasteiger partial charge in [-0.25, -0.2) is 0 Å². The van der Waals surface area contributed by atoms with E-state index in [4.69, 9.17) is 14.2 Å². The number of hydrogen-bond acceptors (Lipinski definition) is 5. The minimum atomic E-state index is -0.371. The number of rotatable bonds is 3. The molecule has 1 aromatic carbocycles. The van der Waals surface area contributed by atoms with E-state index in [9.17, 15) is 4.79 Å². The summed E-state index contributed by atoms with van der Waals surface area (Å²) in [7, 11) is 5.16. The largest absolute Gasteiger partial charge is 0.493 e. The van der Waals surface area contributed by atoms with Gasteiger partial charge in [0.2, 0.25) is 0 Å². The van der Waals surface area contributed by atoms with Gasteiger partial charge in [0.15, 0.2) is 17.2 Å². The lowest BCUT2D eigenvalue weighted by Gasteiger charge is -2.45. The standard InChI is InChI=1S/C21H27N3O4/c1-14-11-17(22-23(14)2)20(25)24-8-6-21(7-9-24)16-13-19(27-4)18(26-3)12-15(16)5-10-28-21/h11-13H,5-10H2,1-4H3. The topological polar surface area (TPSA) is 65.8 Å². The monoisotopic (exact) mass is 385 g/mol. The molecule has 0 aliphatic carbocycles. The third-order valence-electron chi connectivity index (χ3n) is 6.04. The highest BCUT2D eigenvalue weighted by Gasteiger charge is 2.42. The first-order valence-corrected chi connectivity index (χ1v) is 9.66. The molecule has 0 radical (unpaired) electrons. The van der Waals surface area contributed by atoms with Crippen molar-refractivity contribution in [2.45, 2.75) is 31.8 Å². The van der Waals surface area contributed by atoms with Gasteiger partial charge in [0, 0.05) is 25.8 Å². The summed E-state index contributed by atoms with van der Waals surface area (Å²) in [5.74, 6) is 1.45. The van der Waals surface area contributed by atoms with Crippen molar-refractivity contribution < 1.29 is 19.0 Å². The molecule has 1 saturated heterocycles. The zero-order valence-corrected chi connectivity index (χ0v) is 16.9. The molecule has 1 aromatic heterocycles. The Morgan fingerprint density at radius 2 is 1.82 bits per heavy atom. The molecule has 2 aliphatic heterocycles. The van der Waals surface area contributed by atoms with Gasteiger partial charge in [-0.3, -0.25) is 9.48 Å². The van der Waals surface area contributed by atoms with Crippen molar-refractivity contribution in [2.24, 2.45) is 7.05 Å². The average Bonchev–Trinajstić information content (AvgIpc) is 3.06. The quantitative estimate of drug-likeness (QED) is 0.812. The normalized spacial score (nSPS) is 18.1. The molecule has 0 saturated carbocycles. The van der Waals surface area contributed by atoms with Crippen molar-refractivity contribution in [2.75, 3.05) is 33.9 Å². The number of likely N-dealkylation sites (tertiary alicyclic amines) is 1. The zero-order chi connectivity index (χ0) is 19.9. The van der Waals surface area contributed by atoms with E-state index in [0.29, 0.717) is 31.1 Å². The van der Waals surface area contributed by atoms with E-state index in [1.54, 1.807) is 18.9 Å². The third kappa shape index (κ3) is 3.03. The summed E-state index contributed by atoms with van der Waals surface area (Å²) < 4.78 is 19.0. The number of benzene rings is 1. The van der Waals surface area contributed by atoms with Gasteiger partial charge in [-0.05, 0) is 55.5 Å². The van der Waals surface area contributed by atoms with Gasteiger partial charge < -0.3 is 19.1 Å². The van der Waals surface area contributed by atoms with Crippen molar-refractivity contribution >= 4 is 5.91 Å². The van der Waals surface area contributed by atoms with Crippen LogP contribution in [0.4, 0.5) is 0 Å². The van der Waals surface area contributed by atoms with Crippen LogP contribution in [0, 0.1) is 6.92 Å². The highest BCUT2D eigenvalue weighted by Crippen LogP contribution is 2.45. The van der Waals surface area contributed by atoms with E-state index < -0.39 is 0 Å². The maximum atomic E-state index is 12.8. The summed E-state index contributed by atoms with van der Waals surface area (Å²) in [4.78, 5) is 14.7. The Bertz CT molecular complexity index is 878. The van der Waals surface area contributed by atoms with Crippen LogP contribution in [0.25, 0.3) is 0 Å². The number of nitrogens with zero attached hydrogens (tertiary/aromatic N) is 3. The molecule has 0 N–H and O–H groups in total. The number of carbonyl (C=O) groups is 1. The summed E-state index contributed by atoms with van der Waals surface area (Å²) in [6, 6.07) is 5.95. The van der Waals surface area contributed by atoms with Crippen LogP contribution >= 0.6 is 0 Å². The second-order valence-electron chi connectivity index (χ2n) is 7.54. The van der Waals surface area contributed by atoms with Crippen LogP contribution in [-0.2, 0) is 23.8 Å². The second-order valence-corrected chi connectivity index (χ2v) is 7.54. The number of methoxy groups -OCH3 is 2. The van der Waals surface area contributed by atoms with E-state index in [1.807, 2.05) is 31.0 Å². The van der Waals surface area contributed by atoms with Crippen LogP contribution in [0.1, 0.15) is 40.2 Å². The lowest BCUT2D eigenvalue weighted by Crippen LogP contribution is -2.48. The summed E-state index contributed by atoms with van der Waals surface area (Å²) >= 11 is 0. The maximum Gasteiger partial charge on any atom is 0.274 e. The van der Waals surface area contributed by atoms with Crippen LogP contribution in [-0.4, -0.2) is 54.5 Å². The fraction of sp³-hybridized carbons (Fsp3) is 0.524. The van der Waals surface area contributed by atoms with Gasteiger partial charge in [-0.2, -0.15) is 5.10 Å². The van der Waals surface area contributed by atoms with E-state index in [2.05, 4.69) is 11.2 Å². The maximum absolute atomic E-state index is 12.8. The van der Waals surface area contributed by atoms with Gasteiger partial charge in [-0.1, -0.05) is 0 Å². The van der Waals surface area contributed by atoms with E-state index in [0.717, 1.165) is 36.3 Å². The molecule has 28 heavy (non-hydrogen) atoms. The second kappa shape index (κ2) is 7.13. The molecule has 0 atom stereocenters. The molecule has 7 nitrogen and oxygen atoms in total. The molecule has 7 heteroatoms. The molecule has 4 rings (SSSR count). The Labute approximate surface area is 165 Å². The Balaban J connectivity index is 1.57. The number of amides is 1. The van der Waals surface area contributed by atoms with Gasteiger partial charge in [-0.15, -0.1) is 0 Å². The van der Waals surface area contributed by atoms with Crippen molar-refractivity contribution in [1.82, 2.24) is 14.7 Å². The number of carbonyl (C=O) groups excluding carboxylic acids is 1. The summed E-state index contributed by atoms with van der Waals surface area (Å²) in [5.41, 5.74) is 3.51. The molecular formula is C21H27N3O4. The van der Waals surface area contributed by atoms with Crippen molar-refractivity contribution in [3.05, 3.63) is 40.7 Å².